The number of hydrogen-bond acceptors (Lipinski definition) is 3. The van der Waals surface area contributed by atoms with Crippen LogP contribution in [0.3, 0.4) is 0 Å². The Balaban J connectivity index is 2.87. The topological polar surface area (TPSA) is 44.5 Å². The van der Waals surface area contributed by atoms with E-state index in [0.717, 1.165) is 41.8 Å². The second-order valence-corrected chi connectivity index (χ2v) is 5.36. The fraction of sp³-hybridized carbons (Fsp3) is 0.571. The lowest BCUT2D eigenvalue weighted by Crippen LogP contribution is -2.07. The van der Waals surface area contributed by atoms with Crippen molar-refractivity contribution in [2.75, 3.05) is 13.7 Å². The van der Waals surface area contributed by atoms with Crippen LogP contribution in [0.2, 0.25) is 0 Å². The largest absolute Gasteiger partial charge is 0.493 e. The first kappa shape index (κ1) is 15.3. The summed E-state index contributed by atoms with van der Waals surface area (Å²) in [6.07, 6.45) is 3.26. The van der Waals surface area contributed by atoms with Crippen molar-refractivity contribution in [3.05, 3.63) is 22.2 Å². The Morgan fingerprint density at radius 2 is 1.94 bits per heavy atom. The molecule has 0 aliphatic carbocycles. The third-order valence-corrected chi connectivity index (χ3v) is 3.33. The number of methoxy groups -OCH3 is 1. The third kappa shape index (κ3) is 4.50. The molecule has 1 aromatic rings. The molecular formula is C14H22BrNO2. The predicted molar refractivity (Wildman–Crippen MR) is 78.5 cm³/mol. The van der Waals surface area contributed by atoms with Gasteiger partial charge in [0.2, 0.25) is 0 Å². The fourth-order valence-corrected chi connectivity index (χ4v) is 2.25. The lowest BCUT2D eigenvalue weighted by molar-refractivity contribution is 0.230. The molecule has 0 saturated carbocycles. The van der Waals surface area contributed by atoms with Gasteiger partial charge in [0.15, 0.2) is 11.5 Å². The lowest BCUT2D eigenvalue weighted by Gasteiger charge is -2.16. The molecule has 102 valence electrons. The van der Waals surface area contributed by atoms with Gasteiger partial charge in [-0.05, 0) is 57.4 Å². The van der Waals surface area contributed by atoms with Gasteiger partial charge in [0.1, 0.15) is 0 Å². The van der Waals surface area contributed by atoms with Crippen LogP contribution in [0, 0.1) is 0 Å². The first-order chi connectivity index (χ1) is 8.58. The Labute approximate surface area is 118 Å². The number of unbranched alkanes of at least 4 members (excludes halogenated alkanes) is 1. The van der Waals surface area contributed by atoms with Crippen molar-refractivity contribution in [1.29, 1.82) is 0 Å². The number of ether oxygens (including phenoxy) is 2. The van der Waals surface area contributed by atoms with E-state index in [1.54, 1.807) is 7.11 Å². The maximum absolute atomic E-state index is 5.72. The van der Waals surface area contributed by atoms with E-state index >= 15 is 0 Å². The minimum atomic E-state index is 0.133. The van der Waals surface area contributed by atoms with E-state index in [4.69, 9.17) is 15.2 Å². The van der Waals surface area contributed by atoms with E-state index in [1.165, 1.54) is 5.56 Å². The van der Waals surface area contributed by atoms with Crippen molar-refractivity contribution in [2.24, 2.45) is 5.73 Å². The van der Waals surface area contributed by atoms with E-state index in [9.17, 15) is 0 Å². The van der Waals surface area contributed by atoms with Gasteiger partial charge in [0.05, 0.1) is 13.2 Å². The lowest BCUT2D eigenvalue weighted by atomic mass is 10.1. The minimum Gasteiger partial charge on any atom is -0.493 e. The third-order valence-electron chi connectivity index (χ3n) is 2.60. The molecule has 0 saturated heterocycles. The summed E-state index contributed by atoms with van der Waals surface area (Å²) in [5.41, 5.74) is 6.74. The van der Waals surface area contributed by atoms with Crippen molar-refractivity contribution >= 4 is 15.9 Å². The van der Waals surface area contributed by atoms with Crippen molar-refractivity contribution in [2.45, 2.75) is 39.2 Å². The van der Waals surface area contributed by atoms with E-state index in [-0.39, 0.29) is 6.10 Å². The van der Waals surface area contributed by atoms with Crippen LogP contribution in [-0.2, 0) is 6.42 Å². The molecule has 0 aliphatic heterocycles. The zero-order chi connectivity index (χ0) is 13.5. The van der Waals surface area contributed by atoms with Gasteiger partial charge in [-0.3, -0.25) is 0 Å². The summed E-state index contributed by atoms with van der Waals surface area (Å²) in [7, 11) is 1.67. The number of halogens is 1. The van der Waals surface area contributed by atoms with Gasteiger partial charge in [0.25, 0.3) is 0 Å². The zero-order valence-electron chi connectivity index (χ0n) is 11.3. The molecule has 0 bridgehead atoms. The van der Waals surface area contributed by atoms with Crippen LogP contribution in [0.1, 0.15) is 32.3 Å². The molecule has 0 radical (unpaired) electrons. The second kappa shape index (κ2) is 7.64. The molecule has 1 rings (SSSR count). The van der Waals surface area contributed by atoms with Crippen LogP contribution in [0.4, 0.5) is 0 Å². The molecule has 3 nitrogen and oxygen atoms in total. The molecule has 4 heteroatoms. The van der Waals surface area contributed by atoms with E-state index < -0.39 is 0 Å². The average Bonchev–Trinajstić information content (AvgIpc) is 2.31. The molecule has 1 aromatic carbocycles. The van der Waals surface area contributed by atoms with Gasteiger partial charge in [-0.1, -0.05) is 15.9 Å². The highest BCUT2D eigenvalue weighted by Crippen LogP contribution is 2.34. The fourth-order valence-electron chi connectivity index (χ4n) is 1.73. The van der Waals surface area contributed by atoms with Crippen molar-refractivity contribution in [3.63, 3.8) is 0 Å². The van der Waals surface area contributed by atoms with Crippen molar-refractivity contribution < 1.29 is 9.47 Å². The SMILES string of the molecule is COc1cc(CCCCN)c(Br)cc1OC(C)C. The van der Waals surface area contributed by atoms with E-state index in [2.05, 4.69) is 15.9 Å². The minimum absolute atomic E-state index is 0.133. The summed E-state index contributed by atoms with van der Waals surface area (Å²) >= 11 is 3.59. The average molecular weight is 316 g/mol. The molecule has 0 spiro atoms. The molecule has 0 atom stereocenters. The van der Waals surface area contributed by atoms with Crippen LogP contribution in [0.5, 0.6) is 11.5 Å². The maximum atomic E-state index is 5.72. The predicted octanol–water partition coefficient (Wildman–Crippen LogP) is 3.53. The van der Waals surface area contributed by atoms with Crippen LogP contribution >= 0.6 is 15.9 Å². The Bertz CT molecular complexity index is 380. The van der Waals surface area contributed by atoms with E-state index in [1.807, 2.05) is 26.0 Å². The first-order valence-corrected chi connectivity index (χ1v) is 7.11. The van der Waals surface area contributed by atoms with Crippen LogP contribution in [-0.4, -0.2) is 19.8 Å². The quantitative estimate of drug-likeness (QED) is 0.783. The van der Waals surface area contributed by atoms with Crippen LogP contribution in [0.25, 0.3) is 0 Å². The van der Waals surface area contributed by atoms with Crippen LogP contribution in [0.15, 0.2) is 16.6 Å². The van der Waals surface area contributed by atoms with Crippen molar-refractivity contribution in [3.8, 4) is 11.5 Å². The zero-order valence-corrected chi connectivity index (χ0v) is 12.9. The Morgan fingerprint density at radius 1 is 1.22 bits per heavy atom. The first-order valence-electron chi connectivity index (χ1n) is 6.31. The Hall–Kier alpha value is -0.740. The number of rotatable bonds is 7. The number of hydrogen-bond donors (Lipinski definition) is 1. The molecular weight excluding hydrogens is 294 g/mol. The highest BCUT2D eigenvalue weighted by Gasteiger charge is 2.11. The number of benzene rings is 1. The highest BCUT2D eigenvalue weighted by atomic mass is 79.9. The molecule has 0 fully saturated rings. The molecule has 0 aromatic heterocycles. The summed E-state index contributed by atoms with van der Waals surface area (Å²) in [5.74, 6) is 1.57. The normalized spacial score (nSPS) is 10.8. The standard InChI is InChI=1S/C14H22BrNO2/c1-10(2)18-14-9-12(15)11(6-4-5-7-16)8-13(14)17-3/h8-10H,4-7,16H2,1-3H3. The summed E-state index contributed by atoms with van der Waals surface area (Å²) in [4.78, 5) is 0. The monoisotopic (exact) mass is 315 g/mol. The number of nitrogens with two attached hydrogens (primary N) is 1. The highest BCUT2D eigenvalue weighted by molar-refractivity contribution is 9.10. The summed E-state index contributed by atoms with van der Waals surface area (Å²) in [5, 5.41) is 0. The van der Waals surface area contributed by atoms with Gasteiger partial charge < -0.3 is 15.2 Å². The smallest absolute Gasteiger partial charge is 0.162 e. The molecule has 0 amide bonds. The molecule has 0 heterocycles. The van der Waals surface area contributed by atoms with Gasteiger partial charge in [-0.25, -0.2) is 0 Å². The van der Waals surface area contributed by atoms with E-state index in [0.29, 0.717) is 0 Å². The summed E-state index contributed by atoms with van der Waals surface area (Å²) in [6, 6.07) is 4.02. The molecule has 0 aliphatic rings. The molecule has 0 unspecified atom stereocenters. The summed E-state index contributed by atoms with van der Waals surface area (Å²) < 4.78 is 12.2. The second-order valence-electron chi connectivity index (χ2n) is 4.51. The van der Waals surface area contributed by atoms with Crippen LogP contribution < -0.4 is 15.2 Å². The number of aryl methyl sites for hydroxylation is 1. The van der Waals surface area contributed by atoms with Gasteiger partial charge in [-0.15, -0.1) is 0 Å². The molecule has 2 N–H and O–H groups in total. The Morgan fingerprint density at radius 3 is 2.50 bits per heavy atom. The van der Waals surface area contributed by atoms with Gasteiger partial charge >= 0.3 is 0 Å². The summed E-state index contributed by atoms with van der Waals surface area (Å²) in [6.45, 7) is 4.74. The maximum Gasteiger partial charge on any atom is 0.162 e. The van der Waals surface area contributed by atoms with Gasteiger partial charge in [-0.2, -0.15) is 0 Å². The Kier molecular flexibility index (Phi) is 6.50. The van der Waals surface area contributed by atoms with Gasteiger partial charge in [0, 0.05) is 4.47 Å². The van der Waals surface area contributed by atoms with Crippen molar-refractivity contribution in [1.82, 2.24) is 0 Å². The molecule has 18 heavy (non-hydrogen) atoms.